The maximum Gasteiger partial charge on any atom is 0.268 e. The number of carbonyl (C=O) groups is 1. The van der Waals surface area contributed by atoms with Crippen LogP contribution in [0.3, 0.4) is 0 Å². The quantitative estimate of drug-likeness (QED) is 0.772. The molecule has 0 saturated carbocycles. The summed E-state index contributed by atoms with van der Waals surface area (Å²) >= 11 is 0. The number of hydrogen-bond donors (Lipinski definition) is 2. The zero-order valence-corrected chi connectivity index (χ0v) is 13.7. The van der Waals surface area contributed by atoms with Gasteiger partial charge >= 0.3 is 0 Å². The highest BCUT2D eigenvalue weighted by atomic mass is 32.2. The number of amides is 1. The van der Waals surface area contributed by atoms with Crippen LogP contribution in [0.5, 0.6) is 0 Å². The van der Waals surface area contributed by atoms with Crippen molar-refractivity contribution in [3.8, 4) is 0 Å². The average Bonchev–Trinajstić information content (AvgIpc) is 2.72. The normalized spacial score (nSPS) is 12.4. The summed E-state index contributed by atoms with van der Waals surface area (Å²) in [4.78, 5) is 12.3. The second kappa shape index (κ2) is 6.59. The Kier molecular flexibility index (Phi) is 5.54. The molecule has 1 aromatic heterocycles. The Morgan fingerprint density at radius 1 is 1.48 bits per heavy atom. The van der Waals surface area contributed by atoms with Crippen LogP contribution in [-0.2, 0) is 21.3 Å². The molecule has 0 atom stereocenters. The van der Waals surface area contributed by atoms with Gasteiger partial charge in [-0.15, -0.1) is 0 Å². The van der Waals surface area contributed by atoms with Crippen LogP contribution in [-0.4, -0.2) is 38.1 Å². The summed E-state index contributed by atoms with van der Waals surface area (Å²) in [5.41, 5.74) is -0.292. The second-order valence-electron chi connectivity index (χ2n) is 5.57. The largest absolute Gasteiger partial charge is 0.382 e. The molecule has 0 aromatic carbocycles. The van der Waals surface area contributed by atoms with Gasteiger partial charge in [-0.25, -0.2) is 13.6 Å². The third kappa shape index (κ3) is 4.83. The second-order valence-corrected chi connectivity index (χ2v) is 7.13. The predicted octanol–water partition coefficient (Wildman–Crippen LogP) is 0.700. The number of aromatic nitrogens is 1. The molecule has 1 heterocycles. The lowest BCUT2D eigenvalue weighted by Crippen LogP contribution is -2.47. The number of hydrogen-bond acceptors (Lipinski definition) is 4. The molecule has 0 saturated heterocycles. The fraction of sp³-hybridized carbons (Fsp3) is 0.615. The van der Waals surface area contributed by atoms with E-state index in [-0.39, 0.29) is 16.5 Å². The Morgan fingerprint density at radius 3 is 2.57 bits per heavy atom. The topological polar surface area (TPSA) is 103 Å². The average molecular weight is 317 g/mol. The molecule has 1 aromatic rings. The highest BCUT2D eigenvalue weighted by Crippen LogP contribution is 2.15. The van der Waals surface area contributed by atoms with E-state index in [1.54, 1.807) is 11.7 Å². The lowest BCUT2D eigenvalue weighted by Gasteiger charge is -2.25. The zero-order valence-electron chi connectivity index (χ0n) is 12.8. The molecule has 0 spiro atoms. The van der Waals surface area contributed by atoms with Crippen molar-refractivity contribution >= 4 is 15.9 Å². The summed E-state index contributed by atoms with van der Waals surface area (Å²) in [6.07, 6.45) is 2.15. The first-order valence-electron chi connectivity index (χ1n) is 6.65. The molecule has 0 aliphatic heterocycles. The van der Waals surface area contributed by atoms with E-state index in [4.69, 9.17) is 9.88 Å². The number of methoxy groups -OCH3 is 1. The molecular weight excluding hydrogens is 294 g/mol. The number of nitrogens with two attached hydrogens (primary N) is 1. The molecule has 1 amide bonds. The monoisotopic (exact) mass is 317 g/mol. The number of primary sulfonamides is 1. The van der Waals surface area contributed by atoms with Crippen molar-refractivity contribution in [2.45, 2.75) is 44.2 Å². The number of aryl methyl sites for hydroxylation is 1. The summed E-state index contributed by atoms with van der Waals surface area (Å²) in [5, 5.41) is 7.93. The fourth-order valence-corrected chi connectivity index (χ4v) is 2.57. The first-order valence-corrected chi connectivity index (χ1v) is 8.20. The van der Waals surface area contributed by atoms with Crippen molar-refractivity contribution in [2.24, 2.45) is 5.14 Å². The summed E-state index contributed by atoms with van der Waals surface area (Å²) in [5.74, 6) is -0.361. The molecule has 0 fully saturated rings. The molecule has 1 rings (SSSR count). The van der Waals surface area contributed by atoms with Gasteiger partial charge in [-0.3, -0.25) is 4.79 Å². The number of nitrogens with zero attached hydrogens (tertiary/aromatic N) is 1. The highest BCUT2D eigenvalue weighted by molar-refractivity contribution is 7.89. The van der Waals surface area contributed by atoms with Gasteiger partial charge in [0.15, 0.2) is 0 Å². The predicted molar refractivity (Wildman–Crippen MR) is 79.5 cm³/mol. The molecule has 7 nitrogen and oxygen atoms in total. The van der Waals surface area contributed by atoms with Crippen molar-refractivity contribution in [3.63, 3.8) is 0 Å². The lowest BCUT2D eigenvalue weighted by atomic mass is 10.1. The number of sulfonamides is 1. The minimum atomic E-state index is -3.84. The maximum atomic E-state index is 12.3. The van der Waals surface area contributed by atoms with Gasteiger partial charge in [-0.05, 0) is 26.3 Å². The Hall–Kier alpha value is -1.38. The van der Waals surface area contributed by atoms with Crippen LogP contribution in [0.25, 0.3) is 0 Å². The number of rotatable bonds is 7. The third-order valence-corrected chi connectivity index (χ3v) is 3.73. The maximum absolute atomic E-state index is 12.3. The van der Waals surface area contributed by atoms with Gasteiger partial charge in [0.05, 0.1) is 12.1 Å². The number of ether oxygens (including phenoxy) is 1. The molecule has 0 aliphatic carbocycles. The fourth-order valence-electron chi connectivity index (χ4n) is 2.02. The molecule has 21 heavy (non-hydrogen) atoms. The number of carbonyl (C=O) groups excluding carboxylic acids is 1. The highest BCUT2D eigenvalue weighted by Gasteiger charge is 2.24. The van der Waals surface area contributed by atoms with Gasteiger partial charge in [-0.1, -0.05) is 6.92 Å². The summed E-state index contributed by atoms with van der Waals surface area (Å²) < 4.78 is 29.5. The Labute approximate surface area is 125 Å². The first-order chi connectivity index (χ1) is 9.60. The SMILES string of the molecule is CCCn1cc(S(N)(=O)=O)cc1C(=O)NC(C)(C)COC. The van der Waals surface area contributed by atoms with Crippen LogP contribution in [0, 0.1) is 0 Å². The Bertz CT molecular complexity index is 605. The standard InChI is InChI=1S/C13H23N3O4S/c1-5-6-16-8-10(21(14,18)19)7-11(16)12(17)15-13(2,3)9-20-4/h7-8H,5-6,9H2,1-4H3,(H,15,17)(H2,14,18,19). The van der Waals surface area contributed by atoms with Gasteiger partial charge in [0.1, 0.15) is 10.6 Å². The zero-order chi connectivity index (χ0) is 16.3. The van der Waals surface area contributed by atoms with Crippen LogP contribution < -0.4 is 10.5 Å². The van der Waals surface area contributed by atoms with E-state index in [1.807, 2.05) is 20.8 Å². The van der Waals surface area contributed by atoms with Crippen LogP contribution in [0.15, 0.2) is 17.2 Å². The number of nitrogens with one attached hydrogen (secondary N) is 1. The van der Waals surface area contributed by atoms with Crippen LogP contribution in [0.2, 0.25) is 0 Å². The summed E-state index contributed by atoms with van der Waals surface area (Å²) in [6.45, 7) is 6.45. The van der Waals surface area contributed by atoms with Gasteiger partial charge in [0, 0.05) is 19.9 Å². The van der Waals surface area contributed by atoms with Crippen molar-refractivity contribution in [1.29, 1.82) is 0 Å². The van der Waals surface area contributed by atoms with E-state index in [9.17, 15) is 13.2 Å². The molecule has 0 bridgehead atoms. The molecular formula is C13H23N3O4S. The van der Waals surface area contributed by atoms with Crippen LogP contribution >= 0.6 is 0 Å². The molecule has 0 unspecified atom stereocenters. The minimum Gasteiger partial charge on any atom is -0.382 e. The van der Waals surface area contributed by atoms with Gasteiger partial charge < -0.3 is 14.6 Å². The summed E-state index contributed by atoms with van der Waals surface area (Å²) in [6, 6.07) is 1.29. The molecule has 3 N–H and O–H groups in total. The van der Waals surface area contributed by atoms with Crippen molar-refractivity contribution in [1.82, 2.24) is 9.88 Å². The van der Waals surface area contributed by atoms with E-state index in [1.165, 1.54) is 12.3 Å². The molecule has 8 heteroatoms. The van der Waals surface area contributed by atoms with Crippen molar-refractivity contribution in [2.75, 3.05) is 13.7 Å². The van der Waals surface area contributed by atoms with E-state index in [2.05, 4.69) is 5.32 Å². The third-order valence-electron chi connectivity index (χ3n) is 2.85. The smallest absolute Gasteiger partial charge is 0.268 e. The van der Waals surface area contributed by atoms with E-state index >= 15 is 0 Å². The Morgan fingerprint density at radius 2 is 2.10 bits per heavy atom. The molecule has 0 aliphatic rings. The molecule has 120 valence electrons. The first kappa shape index (κ1) is 17.7. The molecule has 0 radical (unpaired) electrons. The van der Waals surface area contributed by atoms with Crippen LogP contribution in [0.4, 0.5) is 0 Å². The van der Waals surface area contributed by atoms with E-state index < -0.39 is 15.6 Å². The van der Waals surface area contributed by atoms with Gasteiger partial charge in [-0.2, -0.15) is 0 Å². The van der Waals surface area contributed by atoms with E-state index in [0.29, 0.717) is 13.2 Å². The van der Waals surface area contributed by atoms with Gasteiger partial charge in [0.2, 0.25) is 10.0 Å². The van der Waals surface area contributed by atoms with E-state index in [0.717, 1.165) is 6.42 Å². The minimum absolute atomic E-state index is 0.0642. The Balaban J connectivity index is 3.10. The van der Waals surface area contributed by atoms with Crippen molar-refractivity contribution in [3.05, 3.63) is 18.0 Å². The summed E-state index contributed by atoms with van der Waals surface area (Å²) in [7, 11) is -2.29. The lowest BCUT2D eigenvalue weighted by molar-refractivity contribution is 0.0811. The van der Waals surface area contributed by atoms with Gasteiger partial charge in [0.25, 0.3) is 5.91 Å². The van der Waals surface area contributed by atoms with Crippen molar-refractivity contribution < 1.29 is 17.9 Å². The van der Waals surface area contributed by atoms with Crippen LogP contribution in [0.1, 0.15) is 37.7 Å².